The van der Waals surface area contributed by atoms with Gasteiger partial charge in [0.05, 0.1) is 18.8 Å². The molecule has 0 saturated heterocycles. The van der Waals surface area contributed by atoms with Gasteiger partial charge in [0.15, 0.2) is 23.3 Å². The van der Waals surface area contributed by atoms with Crippen LogP contribution < -0.4 is 0 Å². The van der Waals surface area contributed by atoms with E-state index in [1.165, 1.54) is 12.1 Å². The molecule has 0 radical (unpaired) electrons. The summed E-state index contributed by atoms with van der Waals surface area (Å²) in [6.45, 7) is 0. The summed E-state index contributed by atoms with van der Waals surface area (Å²) < 4.78 is 49.7. The maximum atomic E-state index is 13.1. The van der Waals surface area contributed by atoms with Gasteiger partial charge >= 0.3 is 11.4 Å². The van der Waals surface area contributed by atoms with E-state index in [0.29, 0.717) is 0 Å². The van der Waals surface area contributed by atoms with Gasteiger partial charge in [0, 0.05) is 0 Å². The smallest absolute Gasteiger partial charge is 0.258 e. The first-order chi connectivity index (χ1) is 11.9. The molecule has 6 nitrogen and oxygen atoms in total. The molecule has 0 atom stereocenters. The number of nitrogens with zero attached hydrogens (tertiary/aromatic N) is 2. The summed E-state index contributed by atoms with van der Waals surface area (Å²) in [6, 6.07) is 2.87. The number of benzene rings is 2. The molecule has 0 saturated carbocycles. The summed E-state index contributed by atoms with van der Waals surface area (Å²) in [4.78, 5) is 18.7. The summed E-state index contributed by atoms with van der Waals surface area (Å²) in [5.74, 6) is -4.86. The molecule has 0 aromatic heterocycles. The average Bonchev–Trinajstić information content (AvgIpc) is 2.57. The van der Waals surface area contributed by atoms with E-state index in [9.17, 15) is 37.8 Å². The van der Waals surface area contributed by atoms with Crippen molar-refractivity contribution in [2.75, 3.05) is 0 Å². The van der Waals surface area contributed by atoms with Crippen LogP contribution in [0.5, 0.6) is 0 Å². The van der Waals surface area contributed by atoms with Crippen LogP contribution >= 0.6 is 63.7 Å². The Morgan fingerprint density at radius 1 is 0.654 bits per heavy atom. The maximum absolute atomic E-state index is 13.1. The molecule has 0 aliphatic carbocycles. The lowest BCUT2D eigenvalue weighted by Crippen LogP contribution is -2.03. The molecular weight excluding hydrogens is 632 g/mol. The number of hydrogen-bond acceptors (Lipinski definition) is 4. The number of nitro groups is 2. The van der Waals surface area contributed by atoms with Crippen molar-refractivity contribution in [2.45, 2.75) is 0 Å². The molecule has 0 heterocycles. The van der Waals surface area contributed by atoms with E-state index in [-0.39, 0.29) is 8.95 Å². The van der Waals surface area contributed by atoms with Crippen LogP contribution in [0.4, 0.5) is 28.9 Å². The third-order valence-corrected chi connectivity index (χ3v) is 5.24. The fraction of sp³-hybridized carbons (Fsp3) is 0. The zero-order valence-electron chi connectivity index (χ0n) is 11.7. The van der Waals surface area contributed by atoms with Gasteiger partial charge < -0.3 is 0 Å². The number of hydrogen-bond donors (Lipinski definition) is 0. The third kappa shape index (κ3) is 4.78. The molecule has 2 rings (SSSR count). The van der Waals surface area contributed by atoms with Crippen LogP contribution in [0, 0.1) is 43.5 Å². The van der Waals surface area contributed by atoms with Crippen molar-refractivity contribution in [1.29, 1.82) is 0 Å². The topological polar surface area (TPSA) is 86.3 Å². The van der Waals surface area contributed by atoms with Crippen LogP contribution in [-0.2, 0) is 0 Å². The lowest BCUT2D eigenvalue weighted by molar-refractivity contribution is -0.423. The van der Waals surface area contributed by atoms with Gasteiger partial charge in [-0.2, -0.15) is 0 Å². The van der Waals surface area contributed by atoms with Gasteiger partial charge in [-0.1, -0.05) is 0 Å². The van der Waals surface area contributed by atoms with Crippen LogP contribution in [0.2, 0.25) is 0 Å². The molecule has 0 aliphatic rings. The van der Waals surface area contributed by atoms with Crippen molar-refractivity contribution in [3.05, 3.63) is 73.5 Å². The molecule has 0 fully saturated rings. The van der Waals surface area contributed by atoms with Crippen molar-refractivity contribution in [3.63, 3.8) is 0 Å². The summed E-state index contributed by atoms with van der Waals surface area (Å²) in [7, 11) is 0. The molecule has 140 valence electrons. The molecule has 0 N–H and O–H groups in total. The lowest BCUT2D eigenvalue weighted by atomic mass is 10.2. The molecule has 0 aliphatic heterocycles. The zero-order chi connectivity index (χ0) is 20.3. The molecule has 26 heavy (non-hydrogen) atoms. The predicted molar refractivity (Wildman–Crippen MR) is 96.8 cm³/mol. The Kier molecular flexibility index (Phi) is 8.10. The fourth-order valence-corrected chi connectivity index (χ4v) is 3.07. The monoisotopic (exact) mass is 630 g/mol. The van der Waals surface area contributed by atoms with Gasteiger partial charge in [0.2, 0.25) is 0 Å². The zero-order valence-corrected chi connectivity index (χ0v) is 18.0. The van der Waals surface area contributed by atoms with Crippen molar-refractivity contribution < 1.29 is 27.4 Å². The van der Waals surface area contributed by atoms with Crippen molar-refractivity contribution in [3.8, 4) is 0 Å². The third-order valence-electron chi connectivity index (χ3n) is 2.57. The van der Waals surface area contributed by atoms with E-state index in [1.54, 1.807) is 0 Å². The quantitative estimate of drug-likeness (QED) is 0.120. The van der Waals surface area contributed by atoms with Crippen molar-refractivity contribution in [2.24, 2.45) is 0 Å². The molecule has 14 heteroatoms. The maximum Gasteiger partial charge on any atom is 0.364 e. The minimum Gasteiger partial charge on any atom is -0.258 e. The highest BCUT2D eigenvalue weighted by Crippen LogP contribution is 2.43. The number of rotatable bonds is 2. The van der Waals surface area contributed by atoms with Crippen molar-refractivity contribution >= 4 is 75.1 Å². The molecule has 0 unspecified atom stereocenters. The lowest BCUT2D eigenvalue weighted by Gasteiger charge is -2.02. The van der Waals surface area contributed by atoms with E-state index in [1.807, 2.05) is 0 Å². The van der Waals surface area contributed by atoms with Crippen LogP contribution in [0.25, 0.3) is 0 Å². The van der Waals surface area contributed by atoms with Crippen LogP contribution in [0.15, 0.2) is 30.0 Å². The molecule has 2 aromatic rings. The Morgan fingerprint density at radius 2 is 0.923 bits per heavy atom. The summed E-state index contributed by atoms with van der Waals surface area (Å²) in [5.41, 5.74) is -2.29. The number of halogens is 8. The van der Waals surface area contributed by atoms with Gasteiger partial charge in [-0.05, 0) is 75.9 Å². The SMILES string of the molecule is Fc1c(Br)ccc(Br)c1F.O=[N+]([O-])c1c(Br)c(F)c(F)c(Br)c1[N+](=O)[O-]. The number of nitro benzene ring substituents is 2. The van der Waals surface area contributed by atoms with Gasteiger partial charge in [0.1, 0.15) is 8.95 Å². The molecular formula is C12H2Br4F4N2O4. The van der Waals surface area contributed by atoms with E-state index in [0.717, 1.165) is 0 Å². The Balaban J connectivity index is 0.000000289. The minimum atomic E-state index is -1.57. The molecule has 2 aromatic carbocycles. The Bertz CT molecular complexity index is 842. The van der Waals surface area contributed by atoms with Crippen LogP contribution in [0.3, 0.4) is 0 Å². The Hall–Kier alpha value is -1.12. The van der Waals surface area contributed by atoms with E-state index in [2.05, 4.69) is 63.7 Å². The van der Waals surface area contributed by atoms with Crippen LogP contribution in [-0.4, -0.2) is 9.85 Å². The first-order valence-corrected chi connectivity index (χ1v) is 9.02. The van der Waals surface area contributed by atoms with Gasteiger partial charge in [-0.15, -0.1) is 0 Å². The van der Waals surface area contributed by atoms with E-state index < -0.39 is 53.4 Å². The standard InChI is InChI=1S/C6Br2F2N2O4.C6H2Br2F2/c7-1-3(9)4(10)2(8)6(12(15)16)5(1)11(13)14;7-3-1-2-4(8)6(10)5(3)9/h;1-2H. The average molecular weight is 634 g/mol. The Labute approximate surface area is 175 Å². The second kappa shape index (κ2) is 9.19. The first kappa shape index (κ1) is 22.9. The fourth-order valence-electron chi connectivity index (χ4n) is 1.44. The summed E-state index contributed by atoms with van der Waals surface area (Å²) in [5, 5.41) is 21.0. The molecule has 0 bridgehead atoms. The van der Waals surface area contributed by atoms with E-state index >= 15 is 0 Å². The highest BCUT2D eigenvalue weighted by Gasteiger charge is 2.37. The second-order valence-corrected chi connectivity index (χ2v) is 7.42. The minimum absolute atomic E-state index is 0.133. The van der Waals surface area contributed by atoms with Gasteiger partial charge in [-0.25, -0.2) is 17.6 Å². The second-order valence-electron chi connectivity index (χ2n) is 4.12. The Morgan fingerprint density at radius 3 is 1.15 bits per heavy atom. The van der Waals surface area contributed by atoms with Gasteiger partial charge in [-0.3, -0.25) is 20.2 Å². The van der Waals surface area contributed by atoms with E-state index in [4.69, 9.17) is 0 Å². The van der Waals surface area contributed by atoms with Gasteiger partial charge in [0.25, 0.3) is 0 Å². The molecule has 0 spiro atoms. The first-order valence-electron chi connectivity index (χ1n) is 5.85. The van der Waals surface area contributed by atoms with Crippen molar-refractivity contribution in [1.82, 2.24) is 0 Å². The normalized spacial score (nSPS) is 10.2. The molecule has 0 amide bonds. The highest BCUT2D eigenvalue weighted by molar-refractivity contribution is 9.11. The van der Waals surface area contributed by atoms with Crippen LogP contribution in [0.1, 0.15) is 0 Å². The summed E-state index contributed by atoms with van der Waals surface area (Å²) >= 11 is 10.5. The predicted octanol–water partition coefficient (Wildman–Crippen LogP) is 6.80. The highest BCUT2D eigenvalue weighted by atomic mass is 79.9. The summed E-state index contributed by atoms with van der Waals surface area (Å²) in [6.07, 6.45) is 0. The largest absolute Gasteiger partial charge is 0.364 e.